The van der Waals surface area contributed by atoms with Gasteiger partial charge in [0.2, 0.25) is 5.91 Å². The Bertz CT molecular complexity index is 913. The van der Waals surface area contributed by atoms with Crippen molar-refractivity contribution >= 4 is 11.7 Å². The molecule has 1 aromatic carbocycles. The molecule has 1 aliphatic heterocycles. The number of aromatic nitrogens is 1. The third kappa shape index (κ3) is 2.56. The lowest BCUT2D eigenvalue weighted by atomic mass is 9.84. The van der Waals surface area contributed by atoms with Crippen LogP contribution in [0.2, 0.25) is 0 Å². The second kappa shape index (κ2) is 5.91. The van der Waals surface area contributed by atoms with Gasteiger partial charge in [0, 0.05) is 37.8 Å². The molecular formula is C22H22N2O3. The van der Waals surface area contributed by atoms with Gasteiger partial charge in [-0.2, -0.15) is 0 Å². The van der Waals surface area contributed by atoms with Crippen LogP contribution >= 0.6 is 0 Å². The first kappa shape index (κ1) is 16.5. The molecule has 1 spiro atoms. The highest BCUT2D eigenvalue weighted by Crippen LogP contribution is 2.66. The Morgan fingerprint density at radius 1 is 1.26 bits per heavy atom. The lowest BCUT2D eigenvalue weighted by molar-refractivity contribution is -0.133. The number of Topliss-reactive ketones (excluding diaryl/α,β-unsaturated/α-hetero) is 1. The van der Waals surface area contributed by atoms with Gasteiger partial charge in [0.1, 0.15) is 11.4 Å². The first-order chi connectivity index (χ1) is 13.1. The molecule has 3 aliphatic rings. The molecule has 2 aliphatic carbocycles. The highest BCUT2D eigenvalue weighted by Gasteiger charge is 2.70. The fraction of sp³-hybridized carbons (Fsp3) is 0.409. The van der Waals surface area contributed by atoms with Crippen LogP contribution in [0, 0.1) is 17.8 Å². The van der Waals surface area contributed by atoms with Crippen LogP contribution in [0.25, 0.3) is 0 Å². The highest BCUT2D eigenvalue weighted by molar-refractivity contribution is 6.00. The van der Waals surface area contributed by atoms with Gasteiger partial charge < -0.3 is 9.64 Å². The predicted molar refractivity (Wildman–Crippen MR) is 99.2 cm³/mol. The summed E-state index contributed by atoms with van der Waals surface area (Å²) in [6, 6.07) is 11.3. The summed E-state index contributed by atoms with van der Waals surface area (Å²) >= 11 is 0. The van der Waals surface area contributed by atoms with E-state index >= 15 is 0 Å². The van der Waals surface area contributed by atoms with E-state index in [2.05, 4.69) is 4.98 Å². The van der Waals surface area contributed by atoms with Crippen molar-refractivity contribution in [3.63, 3.8) is 0 Å². The molecule has 2 saturated carbocycles. The number of benzene rings is 1. The van der Waals surface area contributed by atoms with E-state index in [0.29, 0.717) is 30.2 Å². The Morgan fingerprint density at radius 2 is 2.04 bits per heavy atom. The topological polar surface area (TPSA) is 59.5 Å². The van der Waals surface area contributed by atoms with Crippen molar-refractivity contribution in [2.24, 2.45) is 17.8 Å². The van der Waals surface area contributed by atoms with Crippen LogP contribution in [0.4, 0.5) is 0 Å². The number of amides is 1. The predicted octanol–water partition coefficient (Wildman–Crippen LogP) is 3.10. The summed E-state index contributed by atoms with van der Waals surface area (Å²) in [7, 11) is 1.85. The number of para-hydroxylation sites is 1. The fourth-order valence-electron chi connectivity index (χ4n) is 5.19. The molecule has 0 radical (unpaired) electrons. The van der Waals surface area contributed by atoms with E-state index in [1.807, 2.05) is 43.4 Å². The van der Waals surface area contributed by atoms with Crippen LogP contribution in [-0.2, 0) is 11.3 Å². The average molecular weight is 362 g/mol. The number of hydrogen-bond acceptors (Lipinski definition) is 4. The maximum absolute atomic E-state index is 13.0. The van der Waals surface area contributed by atoms with Gasteiger partial charge in [0.25, 0.3) is 0 Å². The van der Waals surface area contributed by atoms with E-state index < -0.39 is 5.60 Å². The number of carbonyl (C=O) groups is 2. The summed E-state index contributed by atoms with van der Waals surface area (Å²) in [4.78, 5) is 31.5. The smallest absolute Gasteiger partial charge is 0.226 e. The Kier molecular flexibility index (Phi) is 3.61. The summed E-state index contributed by atoms with van der Waals surface area (Å²) in [6.07, 6.45) is 5.70. The third-order valence-electron chi connectivity index (χ3n) is 6.47. The van der Waals surface area contributed by atoms with Gasteiger partial charge in [0.15, 0.2) is 5.78 Å². The Balaban J connectivity index is 1.34. The normalized spacial score (nSPS) is 30.4. The van der Waals surface area contributed by atoms with Crippen LogP contribution in [0.1, 0.15) is 35.2 Å². The third-order valence-corrected chi connectivity index (χ3v) is 6.47. The van der Waals surface area contributed by atoms with Crippen molar-refractivity contribution in [2.45, 2.75) is 31.4 Å². The molecular weight excluding hydrogens is 340 g/mol. The second-order valence-electron chi connectivity index (χ2n) is 8.07. The van der Waals surface area contributed by atoms with Gasteiger partial charge >= 0.3 is 0 Å². The Hall–Kier alpha value is -2.69. The molecule has 138 valence electrons. The molecule has 0 N–H and O–H groups in total. The van der Waals surface area contributed by atoms with E-state index in [4.69, 9.17) is 4.74 Å². The van der Waals surface area contributed by atoms with Gasteiger partial charge in [-0.1, -0.05) is 12.1 Å². The minimum absolute atomic E-state index is 0.0244. The number of carbonyl (C=O) groups excluding carboxylic acids is 2. The number of ether oxygens (including phenoxy) is 1. The minimum atomic E-state index is -0.492. The number of rotatable bonds is 3. The van der Waals surface area contributed by atoms with Gasteiger partial charge in [-0.25, -0.2) is 0 Å². The van der Waals surface area contributed by atoms with Crippen molar-refractivity contribution in [2.75, 3.05) is 7.05 Å². The van der Waals surface area contributed by atoms with Crippen LogP contribution in [-0.4, -0.2) is 34.2 Å². The van der Waals surface area contributed by atoms with Crippen molar-refractivity contribution < 1.29 is 14.3 Å². The number of ketones is 1. The Labute approximate surface area is 158 Å². The van der Waals surface area contributed by atoms with Crippen LogP contribution in [0.5, 0.6) is 5.75 Å². The number of pyridine rings is 1. The zero-order valence-corrected chi connectivity index (χ0v) is 15.3. The molecule has 1 aromatic heterocycles. The van der Waals surface area contributed by atoms with Crippen molar-refractivity contribution in [3.05, 3.63) is 59.9 Å². The van der Waals surface area contributed by atoms with E-state index in [1.165, 1.54) is 0 Å². The van der Waals surface area contributed by atoms with Crippen molar-refractivity contribution in [3.8, 4) is 5.75 Å². The van der Waals surface area contributed by atoms with Gasteiger partial charge in [-0.05, 0) is 48.6 Å². The molecule has 1 amide bonds. The number of nitrogens with zero attached hydrogens (tertiary/aromatic N) is 2. The summed E-state index contributed by atoms with van der Waals surface area (Å²) in [6.45, 7) is 0.576. The maximum Gasteiger partial charge on any atom is 0.226 e. The zero-order valence-electron chi connectivity index (χ0n) is 15.3. The lowest BCUT2D eigenvalue weighted by Crippen LogP contribution is -2.44. The van der Waals surface area contributed by atoms with E-state index in [0.717, 1.165) is 18.4 Å². The molecule has 5 nitrogen and oxygen atoms in total. The molecule has 2 fully saturated rings. The molecule has 2 aromatic rings. The molecule has 5 heteroatoms. The zero-order chi connectivity index (χ0) is 18.6. The van der Waals surface area contributed by atoms with Gasteiger partial charge in [-0.15, -0.1) is 0 Å². The standard InChI is InChI=1S/C22H22N2O3/c1-24(13-14-7-10-23-11-8-14)21(26)19-16-6-9-22(20(16)19)12-17(25)15-4-2-3-5-18(15)27-22/h2-5,7-8,10-11,16,19-20H,6,9,12-13H2,1H3/t16-,19+,20+,22+/m0/s1. The van der Waals surface area contributed by atoms with E-state index in [1.54, 1.807) is 17.3 Å². The second-order valence-corrected chi connectivity index (χ2v) is 8.07. The molecule has 0 unspecified atom stereocenters. The maximum atomic E-state index is 13.0. The summed E-state index contributed by atoms with van der Waals surface area (Å²) in [5.41, 5.74) is 1.25. The van der Waals surface area contributed by atoms with Crippen LogP contribution in [0.3, 0.4) is 0 Å². The van der Waals surface area contributed by atoms with Gasteiger partial charge in [-0.3, -0.25) is 14.6 Å². The molecule has 27 heavy (non-hydrogen) atoms. The van der Waals surface area contributed by atoms with Crippen molar-refractivity contribution in [1.29, 1.82) is 0 Å². The minimum Gasteiger partial charge on any atom is -0.486 e. The first-order valence-corrected chi connectivity index (χ1v) is 9.54. The average Bonchev–Trinajstić information content (AvgIpc) is 3.32. The largest absolute Gasteiger partial charge is 0.486 e. The lowest BCUT2D eigenvalue weighted by Gasteiger charge is -2.37. The fourth-order valence-corrected chi connectivity index (χ4v) is 5.19. The summed E-state index contributed by atoms with van der Waals surface area (Å²) in [5, 5.41) is 0. The molecule has 5 rings (SSSR count). The van der Waals surface area contributed by atoms with Crippen LogP contribution in [0.15, 0.2) is 48.8 Å². The van der Waals surface area contributed by atoms with Gasteiger partial charge in [0.05, 0.1) is 12.0 Å². The summed E-state index contributed by atoms with van der Waals surface area (Å²) in [5.74, 6) is 1.45. The number of fused-ring (bicyclic) bond motifs is 3. The SMILES string of the molecule is CN(Cc1ccncc1)C(=O)[C@@H]1[C@@H]2CC[C@@]3(CC(=O)c4ccccc4O3)[C@H]21. The molecule has 2 heterocycles. The Morgan fingerprint density at radius 3 is 2.85 bits per heavy atom. The quantitative estimate of drug-likeness (QED) is 0.842. The monoisotopic (exact) mass is 362 g/mol. The van der Waals surface area contributed by atoms with E-state index in [-0.39, 0.29) is 23.5 Å². The van der Waals surface area contributed by atoms with Crippen molar-refractivity contribution in [1.82, 2.24) is 9.88 Å². The first-order valence-electron chi connectivity index (χ1n) is 9.54. The molecule has 0 bridgehead atoms. The highest BCUT2D eigenvalue weighted by atomic mass is 16.5. The molecule has 4 atom stereocenters. The van der Waals surface area contributed by atoms with E-state index in [9.17, 15) is 9.59 Å². The summed E-state index contributed by atoms with van der Waals surface area (Å²) < 4.78 is 6.38. The number of hydrogen-bond donors (Lipinski definition) is 0. The molecule has 0 saturated heterocycles. The van der Waals surface area contributed by atoms with Crippen LogP contribution < -0.4 is 4.74 Å².